The minimum absolute atomic E-state index is 0.0332. The minimum Gasteiger partial charge on any atom is -0.497 e. The van der Waals surface area contributed by atoms with E-state index >= 15 is 0 Å². The fourth-order valence-electron chi connectivity index (χ4n) is 3.76. The summed E-state index contributed by atoms with van der Waals surface area (Å²) < 4.78 is 29.4. The van der Waals surface area contributed by atoms with E-state index in [1.165, 1.54) is 11.8 Å². The summed E-state index contributed by atoms with van der Waals surface area (Å²) in [5.41, 5.74) is 1.14. The van der Waals surface area contributed by atoms with Gasteiger partial charge in [0.1, 0.15) is 5.75 Å². The quantitative estimate of drug-likeness (QED) is 0.670. The second-order valence-corrected chi connectivity index (χ2v) is 10.7. The molecule has 0 N–H and O–H groups in total. The lowest BCUT2D eigenvalue weighted by Gasteiger charge is -2.24. The van der Waals surface area contributed by atoms with Gasteiger partial charge in [-0.15, -0.1) is 0 Å². The Hall–Kier alpha value is -1.54. The normalized spacial score (nSPS) is 24.7. The van der Waals surface area contributed by atoms with Crippen LogP contribution < -0.4 is 4.74 Å². The number of ether oxygens (including phenoxy) is 1. The molecule has 0 bridgehead atoms. The summed E-state index contributed by atoms with van der Waals surface area (Å²) >= 11 is 1.46. The molecule has 2 saturated heterocycles. The zero-order chi connectivity index (χ0) is 20.3. The summed E-state index contributed by atoms with van der Waals surface area (Å²) in [6.45, 7) is 4.64. The highest BCUT2D eigenvalue weighted by molar-refractivity contribution is 8.15. The molecule has 1 amide bonds. The van der Waals surface area contributed by atoms with Crippen molar-refractivity contribution in [1.29, 1.82) is 0 Å². The van der Waals surface area contributed by atoms with E-state index in [9.17, 15) is 13.2 Å². The fourth-order valence-corrected chi connectivity index (χ4v) is 7.75. The van der Waals surface area contributed by atoms with Crippen LogP contribution in [-0.4, -0.2) is 60.8 Å². The summed E-state index contributed by atoms with van der Waals surface area (Å²) in [5, 5.41) is 0.657. The fraction of sp³-hybridized carbons (Fsp3) is 0.600. The van der Waals surface area contributed by atoms with Gasteiger partial charge in [0.05, 0.1) is 24.7 Å². The number of amides is 1. The van der Waals surface area contributed by atoms with E-state index in [1.807, 2.05) is 43.0 Å². The lowest BCUT2D eigenvalue weighted by atomic mass is 10.0. The number of carbonyl (C=O) groups is 1. The molecule has 0 unspecified atom stereocenters. The maximum atomic E-state index is 12.5. The smallest absolute Gasteiger partial charge is 0.251 e. The summed E-state index contributed by atoms with van der Waals surface area (Å²) in [6.07, 6.45) is 2.29. The van der Waals surface area contributed by atoms with Crippen molar-refractivity contribution in [2.45, 2.75) is 44.4 Å². The van der Waals surface area contributed by atoms with E-state index in [4.69, 9.17) is 4.74 Å². The molecule has 0 saturated carbocycles. The zero-order valence-electron chi connectivity index (χ0n) is 16.6. The molecule has 154 valence electrons. The monoisotopic (exact) mass is 424 g/mol. The van der Waals surface area contributed by atoms with Crippen LogP contribution >= 0.6 is 11.8 Å². The third-order valence-electron chi connectivity index (χ3n) is 5.52. The predicted molar refractivity (Wildman–Crippen MR) is 114 cm³/mol. The van der Waals surface area contributed by atoms with Gasteiger partial charge in [0.2, 0.25) is 0 Å². The van der Waals surface area contributed by atoms with Crippen LogP contribution in [0.2, 0.25) is 0 Å². The Morgan fingerprint density at radius 1 is 1.25 bits per heavy atom. The summed E-state index contributed by atoms with van der Waals surface area (Å²) in [6, 6.07) is 7.76. The first-order chi connectivity index (χ1) is 13.4. The van der Waals surface area contributed by atoms with Crippen LogP contribution in [0.5, 0.6) is 5.75 Å². The number of nitrogens with zero attached hydrogens (tertiary/aromatic N) is 2. The van der Waals surface area contributed by atoms with Crippen molar-refractivity contribution in [1.82, 2.24) is 4.90 Å². The molecule has 6 nitrogen and oxygen atoms in total. The Labute approximate surface area is 171 Å². The number of carbonyl (C=O) groups excluding carboxylic acids is 1. The van der Waals surface area contributed by atoms with Crippen LogP contribution in [0, 0.1) is 5.92 Å². The van der Waals surface area contributed by atoms with E-state index in [2.05, 4.69) is 4.99 Å². The van der Waals surface area contributed by atoms with Gasteiger partial charge in [-0.3, -0.25) is 4.79 Å². The Morgan fingerprint density at radius 2 is 1.93 bits per heavy atom. The Kier molecular flexibility index (Phi) is 6.70. The van der Waals surface area contributed by atoms with Gasteiger partial charge in [-0.1, -0.05) is 37.7 Å². The summed E-state index contributed by atoms with van der Waals surface area (Å²) in [7, 11) is -1.39. The van der Waals surface area contributed by atoms with Gasteiger partial charge in [0.25, 0.3) is 5.91 Å². The molecule has 2 fully saturated rings. The third-order valence-corrected chi connectivity index (χ3v) is 8.76. The van der Waals surface area contributed by atoms with Crippen molar-refractivity contribution < 1.29 is 17.9 Å². The van der Waals surface area contributed by atoms with Crippen LogP contribution in [0.15, 0.2) is 29.3 Å². The third kappa shape index (κ3) is 4.71. The number of methoxy groups -OCH3 is 1. The number of hydrogen-bond acceptors (Lipinski definition) is 5. The lowest BCUT2D eigenvalue weighted by Crippen LogP contribution is -2.39. The standard InChI is InChI=1S/C20H28N2O4S2/c1-4-15(5-2)19(23)21-20-22(17-12-28(24,25)13-18(17)27-20)11-10-14-6-8-16(26-3)9-7-14/h6-9,15,17-18H,4-5,10-13H2,1-3H3/t17-,18-/m0/s1. The molecular weight excluding hydrogens is 396 g/mol. The molecule has 2 atom stereocenters. The van der Waals surface area contributed by atoms with E-state index in [0.717, 1.165) is 30.6 Å². The molecule has 2 heterocycles. The average molecular weight is 425 g/mol. The highest BCUT2D eigenvalue weighted by atomic mass is 32.2. The van der Waals surface area contributed by atoms with Crippen molar-refractivity contribution in [2.24, 2.45) is 10.9 Å². The molecule has 3 rings (SSSR count). The number of hydrogen-bond donors (Lipinski definition) is 0. The van der Waals surface area contributed by atoms with Gasteiger partial charge >= 0.3 is 0 Å². The first-order valence-electron chi connectivity index (χ1n) is 9.76. The van der Waals surface area contributed by atoms with Crippen LogP contribution in [0.25, 0.3) is 0 Å². The second kappa shape index (κ2) is 8.86. The predicted octanol–water partition coefficient (Wildman–Crippen LogP) is 2.77. The maximum Gasteiger partial charge on any atom is 0.251 e. The second-order valence-electron chi connectivity index (χ2n) is 7.34. The van der Waals surface area contributed by atoms with Crippen molar-refractivity contribution in [3.63, 3.8) is 0 Å². The molecule has 2 aliphatic rings. The van der Waals surface area contributed by atoms with Crippen molar-refractivity contribution >= 4 is 32.7 Å². The summed E-state index contributed by atoms with van der Waals surface area (Å²) in [4.78, 5) is 19.0. The Morgan fingerprint density at radius 3 is 2.54 bits per heavy atom. The zero-order valence-corrected chi connectivity index (χ0v) is 18.3. The number of benzene rings is 1. The van der Waals surface area contributed by atoms with Crippen LogP contribution in [0.4, 0.5) is 0 Å². The molecular formula is C20H28N2O4S2. The minimum atomic E-state index is -3.03. The number of thioether (sulfide) groups is 1. The number of amidine groups is 1. The van der Waals surface area contributed by atoms with Gasteiger partial charge < -0.3 is 9.64 Å². The average Bonchev–Trinajstić information content (AvgIpc) is 3.12. The molecule has 8 heteroatoms. The number of rotatable bonds is 7. The Balaban J connectivity index is 1.78. The van der Waals surface area contributed by atoms with E-state index in [0.29, 0.717) is 11.7 Å². The van der Waals surface area contributed by atoms with E-state index in [-0.39, 0.29) is 34.6 Å². The molecule has 0 aliphatic carbocycles. The maximum absolute atomic E-state index is 12.5. The van der Waals surface area contributed by atoms with Crippen molar-refractivity contribution in [2.75, 3.05) is 25.2 Å². The lowest BCUT2D eigenvalue weighted by molar-refractivity contribution is -0.121. The van der Waals surface area contributed by atoms with Crippen molar-refractivity contribution in [3.8, 4) is 5.75 Å². The van der Waals surface area contributed by atoms with Gasteiger partial charge in [0.15, 0.2) is 15.0 Å². The van der Waals surface area contributed by atoms with Crippen molar-refractivity contribution in [3.05, 3.63) is 29.8 Å². The first-order valence-corrected chi connectivity index (χ1v) is 12.5. The SMILES string of the molecule is CCC(CC)C(=O)N=C1S[C@H]2CS(=O)(=O)C[C@@H]2N1CCc1ccc(OC)cc1. The molecule has 2 aliphatic heterocycles. The number of sulfone groups is 1. The molecule has 0 radical (unpaired) electrons. The largest absolute Gasteiger partial charge is 0.497 e. The van der Waals surface area contributed by atoms with Crippen LogP contribution in [0.3, 0.4) is 0 Å². The van der Waals surface area contributed by atoms with Crippen LogP contribution in [0.1, 0.15) is 32.3 Å². The summed E-state index contributed by atoms with van der Waals surface area (Å²) in [5.74, 6) is 0.955. The molecule has 28 heavy (non-hydrogen) atoms. The highest BCUT2D eigenvalue weighted by Gasteiger charge is 2.48. The van der Waals surface area contributed by atoms with Gasteiger partial charge in [-0.05, 0) is 37.0 Å². The molecule has 0 aromatic heterocycles. The molecule has 0 spiro atoms. The van der Waals surface area contributed by atoms with Gasteiger partial charge in [0, 0.05) is 17.7 Å². The van der Waals surface area contributed by atoms with Gasteiger partial charge in [-0.2, -0.15) is 4.99 Å². The topological polar surface area (TPSA) is 76.0 Å². The highest BCUT2D eigenvalue weighted by Crippen LogP contribution is 2.38. The number of fused-ring (bicyclic) bond motifs is 1. The Bertz CT molecular complexity index is 832. The molecule has 1 aromatic rings. The first kappa shape index (κ1) is 21.2. The van der Waals surface area contributed by atoms with Crippen LogP contribution in [-0.2, 0) is 21.1 Å². The van der Waals surface area contributed by atoms with Gasteiger partial charge in [-0.25, -0.2) is 8.42 Å². The number of aliphatic imine (C=N–C) groups is 1. The van der Waals surface area contributed by atoms with E-state index in [1.54, 1.807) is 7.11 Å². The molecule has 1 aromatic carbocycles. The van der Waals surface area contributed by atoms with E-state index < -0.39 is 9.84 Å².